The monoisotopic (exact) mass is 399 g/mol. The SMILES string of the molecule is CS(=O)(=O)NCCCNCc1ncc(Br)cc1Br. The lowest BCUT2D eigenvalue weighted by Crippen LogP contribution is -2.26. The van der Waals surface area contributed by atoms with E-state index < -0.39 is 10.0 Å². The van der Waals surface area contributed by atoms with Crippen LogP contribution in [-0.4, -0.2) is 32.7 Å². The summed E-state index contributed by atoms with van der Waals surface area (Å²) in [4.78, 5) is 4.27. The topological polar surface area (TPSA) is 71.1 Å². The van der Waals surface area contributed by atoms with Crippen LogP contribution < -0.4 is 10.0 Å². The van der Waals surface area contributed by atoms with E-state index in [9.17, 15) is 8.42 Å². The molecule has 0 fully saturated rings. The second kappa shape index (κ2) is 7.54. The lowest BCUT2D eigenvalue weighted by atomic mass is 10.3. The Kier molecular flexibility index (Phi) is 6.72. The third kappa shape index (κ3) is 6.79. The molecular formula is C10H15Br2N3O2S. The van der Waals surface area contributed by atoms with Gasteiger partial charge >= 0.3 is 0 Å². The van der Waals surface area contributed by atoms with Gasteiger partial charge in [-0.05, 0) is 50.9 Å². The first-order chi connectivity index (χ1) is 8.38. The predicted molar refractivity (Wildman–Crippen MR) is 78.8 cm³/mol. The van der Waals surface area contributed by atoms with Crippen LogP contribution in [0.2, 0.25) is 0 Å². The molecule has 0 radical (unpaired) electrons. The van der Waals surface area contributed by atoms with Gasteiger partial charge in [0.15, 0.2) is 0 Å². The van der Waals surface area contributed by atoms with Crippen LogP contribution >= 0.6 is 31.9 Å². The standard InChI is InChI=1S/C10H15Br2N3O2S/c1-18(16,17)15-4-2-3-13-7-10-9(12)5-8(11)6-14-10/h5-6,13,15H,2-4,7H2,1H3. The fraction of sp³-hybridized carbons (Fsp3) is 0.500. The molecule has 0 amide bonds. The molecule has 0 unspecified atom stereocenters. The highest BCUT2D eigenvalue weighted by atomic mass is 79.9. The Hall–Kier alpha value is -0.0200. The summed E-state index contributed by atoms with van der Waals surface area (Å²) in [6, 6.07) is 1.94. The number of nitrogens with zero attached hydrogens (tertiary/aromatic N) is 1. The van der Waals surface area contributed by atoms with Crippen LogP contribution in [0, 0.1) is 0 Å². The molecule has 8 heteroatoms. The number of sulfonamides is 1. The third-order valence-corrected chi connectivity index (χ3v) is 3.92. The molecule has 0 saturated heterocycles. The maximum Gasteiger partial charge on any atom is 0.208 e. The molecule has 0 aliphatic carbocycles. The minimum Gasteiger partial charge on any atom is -0.311 e. The molecule has 1 aromatic rings. The zero-order valence-corrected chi connectivity index (χ0v) is 13.9. The van der Waals surface area contributed by atoms with Gasteiger partial charge in [0.1, 0.15) is 0 Å². The van der Waals surface area contributed by atoms with E-state index in [4.69, 9.17) is 0 Å². The van der Waals surface area contributed by atoms with Crippen molar-refractivity contribution >= 4 is 41.9 Å². The van der Waals surface area contributed by atoms with Gasteiger partial charge in [-0.3, -0.25) is 4.98 Å². The van der Waals surface area contributed by atoms with Crippen LogP contribution in [0.5, 0.6) is 0 Å². The molecule has 5 nitrogen and oxygen atoms in total. The highest BCUT2D eigenvalue weighted by Crippen LogP contribution is 2.19. The molecule has 2 N–H and O–H groups in total. The number of pyridine rings is 1. The van der Waals surface area contributed by atoms with Crippen LogP contribution in [0.25, 0.3) is 0 Å². The number of halogens is 2. The summed E-state index contributed by atoms with van der Waals surface area (Å²) in [6.45, 7) is 1.82. The first-order valence-electron chi connectivity index (χ1n) is 5.34. The molecule has 1 heterocycles. The summed E-state index contributed by atoms with van der Waals surface area (Å²) in [5, 5.41) is 3.21. The maximum absolute atomic E-state index is 10.8. The van der Waals surface area contributed by atoms with Crippen LogP contribution in [0.3, 0.4) is 0 Å². The van der Waals surface area contributed by atoms with Gasteiger partial charge in [-0.2, -0.15) is 0 Å². The molecule has 0 spiro atoms. The lowest BCUT2D eigenvalue weighted by molar-refractivity contribution is 0.578. The number of hydrogen-bond acceptors (Lipinski definition) is 4. The summed E-state index contributed by atoms with van der Waals surface area (Å²) in [6.07, 6.45) is 3.64. The van der Waals surface area contributed by atoms with Gasteiger partial charge in [0.25, 0.3) is 0 Å². The lowest BCUT2D eigenvalue weighted by Gasteiger charge is -2.06. The Morgan fingerprint density at radius 1 is 1.33 bits per heavy atom. The van der Waals surface area contributed by atoms with Crippen molar-refractivity contribution in [2.45, 2.75) is 13.0 Å². The summed E-state index contributed by atoms with van der Waals surface area (Å²) < 4.78 is 25.9. The molecule has 0 aliphatic heterocycles. The molecule has 0 atom stereocenters. The van der Waals surface area contributed by atoms with Crippen molar-refractivity contribution in [3.05, 3.63) is 26.9 Å². The summed E-state index contributed by atoms with van der Waals surface area (Å²) >= 11 is 6.77. The normalized spacial score (nSPS) is 11.7. The Bertz CT molecular complexity index is 494. The molecule has 102 valence electrons. The molecular weight excluding hydrogens is 386 g/mol. The molecule has 18 heavy (non-hydrogen) atoms. The smallest absolute Gasteiger partial charge is 0.208 e. The van der Waals surface area contributed by atoms with Crippen molar-refractivity contribution in [3.63, 3.8) is 0 Å². The van der Waals surface area contributed by atoms with Crippen molar-refractivity contribution in [3.8, 4) is 0 Å². The Morgan fingerprint density at radius 3 is 2.67 bits per heavy atom. The third-order valence-electron chi connectivity index (χ3n) is 2.07. The van der Waals surface area contributed by atoms with E-state index in [2.05, 4.69) is 46.9 Å². The van der Waals surface area contributed by atoms with Gasteiger partial charge < -0.3 is 5.32 Å². The summed E-state index contributed by atoms with van der Waals surface area (Å²) in [5.74, 6) is 0. The van der Waals surface area contributed by atoms with Gasteiger partial charge in [0, 0.05) is 28.2 Å². The van der Waals surface area contributed by atoms with E-state index in [1.54, 1.807) is 6.20 Å². The van der Waals surface area contributed by atoms with Gasteiger partial charge in [-0.1, -0.05) is 0 Å². The minimum absolute atomic E-state index is 0.445. The second-order valence-electron chi connectivity index (χ2n) is 3.78. The van der Waals surface area contributed by atoms with Crippen molar-refractivity contribution < 1.29 is 8.42 Å². The van der Waals surface area contributed by atoms with Crippen LogP contribution in [0.1, 0.15) is 12.1 Å². The number of hydrogen-bond donors (Lipinski definition) is 2. The zero-order valence-electron chi connectivity index (χ0n) is 9.91. The van der Waals surface area contributed by atoms with Crippen LogP contribution in [0.15, 0.2) is 21.2 Å². The molecule has 1 rings (SSSR count). The van der Waals surface area contributed by atoms with E-state index in [0.717, 1.165) is 33.9 Å². The highest BCUT2D eigenvalue weighted by Gasteiger charge is 2.02. The predicted octanol–water partition coefficient (Wildman–Crippen LogP) is 1.64. The molecule has 1 aromatic heterocycles. The fourth-order valence-electron chi connectivity index (χ4n) is 1.25. The first kappa shape index (κ1) is 16.0. The number of rotatable bonds is 7. The van der Waals surface area contributed by atoms with Crippen molar-refractivity contribution in [2.24, 2.45) is 0 Å². The Balaban J connectivity index is 2.22. The summed E-state index contributed by atoms with van der Waals surface area (Å²) in [5.41, 5.74) is 0.925. The summed E-state index contributed by atoms with van der Waals surface area (Å²) in [7, 11) is -3.08. The van der Waals surface area contributed by atoms with Gasteiger partial charge in [0.2, 0.25) is 10.0 Å². The van der Waals surface area contributed by atoms with E-state index in [1.165, 1.54) is 0 Å². The van der Waals surface area contributed by atoms with Gasteiger partial charge in [-0.25, -0.2) is 13.1 Å². The number of aromatic nitrogens is 1. The Labute approximate surface area is 124 Å². The van der Waals surface area contributed by atoms with E-state index in [0.29, 0.717) is 13.1 Å². The first-order valence-corrected chi connectivity index (χ1v) is 8.81. The molecule has 0 saturated carbocycles. The van der Waals surface area contributed by atoms with Crippen LogP contribution in [0.4, 0.5) is 0 Å². The highest BCUT2D eigenvalue weighted by molar-refractivity contribution is 9.11. The second-order valence-corrected chi connectivity index (χ2v) is 7.38. The quantitative estimate of drug-likeness (QED) is 0.682. The average Bonchev–Trinajstić information content (AvgIpc) is 2.24. The van der Waals surface area contributed by atoms with Crippen molar-refractivity contribution in [1.29, 1.82) is 0 Å². The molecule has 0 aliphatic rings. The van der Waals surface area contributed by atoms with Gasteiger partial charge in [-0.15, -0.1) is 0 Å². The Morgan fingerprint density at radius 2 is 2.06 bits per heavy atom. The number of nitrogens with one attached hydrogen (secondary N) is 2. The molecule has 0 bridgehead atoms. The van der Waals surface area contributed by atoms with E-state index in [1.807, 2.05) is 6.07 Å². The fourth-order valence-corrected chi connectivity index (χ4v) is 2.89. The minimum atomic E-state index is -3.08. The van der Waals surface area contributed by atoms with Crippen molar-refractivity contribution in [2.75, 3.05) is 19.3 Å². The maximum atomic E-state index is 10.8. The van der Waals surface area contributed by atoms with E-state index >= 15 is 0 Å². The largest absolute Gasteiger partial charge is 0.311 e. The zero-order chi connectivity index (χ0) is 13.6. The van der Waals surface area contributed by atoms with E-state index in [-0.39, 0.29) is 0 Å². The van der Waals surface area contributed by atoms with Crippen molar-refractivity contribution in [1.82, 2.24) is 15.0 Å². The van der Waals surface area contributed by atoms with Gasteiger partial charge in [0.05, 0.1) is 11.9 Å². The molecule has 0 aromatic carbocycles. The van der Waals surface area contributed by atoms with Crippen LogP contribution in [-0.2, 0) is 16.6 Å². The average molecular weight is 401 g/mol.